The number of aryl methyl sites for hydroxylation is 2. The van der Waals surface area contributed by atoms with Gasteiger partial charge in [0.15, 0.2) is 5.96 Å². The van der Waals surface area contributed by atoms with Crippen molar-refractivity contribution in [1.29, 1.82) is 0 Å². The van der Waals surface area contributed by atoms with Crippen LogP contribution in [0.3, 0.4) is 0 Å². The Bertz CT molecular complexity index is 662. The van der Waals surface area contributed by atoms with Crippen molar-refractivity contribution >= 4 is 5.96 Å². The van der Waals surface area contributed by atoms with Crippen LogP contribution in [0, 0.1) is 31.1 Å². The average molecular weight is 418 g/mol. The SMILES string of the molecule is CN=C(NCC1CCN(Cc2nc(C)c(C)o2)CC1)NCC1(CC(C)C)CCCC1. The van der Waals surface area contributed by atoms with E-state index in [-0.39, 0.29) is 0 Å². The van der Waals surface area contributed by atoms with Crippen LogP contribution in [0.1, 0.15) is 76.1 Å². The first kappa shape index (κ1) is 23.1. The molecule has 30 heavy (non-hydrogen) atoms. The molecular weight excluding hydrogens is 374 g/mol. The summed E-state index contributed by atoms with van der Waals surface area (Å²) in [5.74, 6) is 4.22. The Morgan fingerprint density at radius 2 is 1.90 bits per heavy atom. The number of hydrogen-bond acceptors (Lipinski definition) is 4. The maximum absolute atomic E-state index is 5.75. The Kier molecular flexibility index (Phi) is 8.20. The van der Waals surface area contributed by atoms with Crippen LogP contribution in [0.2, 0.25) is 0 Å². The van der Waals surface area contributed by atoms with E-state index in [4.69, 9.17) is 4.42 Å². The lowest BCUT2D eigenvalue weighted by molar-refractivity contribution is 0.164. The summed E-state index contributed by atoms with van der Waals surface area (Å²) in [7, 11) is 1.89. The standard InChI is InChI=1S/C24H43N5O/c1-18(2)14-24(10-6-7-11-24)17-27-23(25-5)26-15-21-8-12-29(13-9-21)16-22-28-19(3)20(4)30-22/h18,21H,6-17H2,1-5H3,(H2,25,26,27). The molecule has 2 aliphatic rings. The highest BCUT2D eigenvalue weighted by atomic mass is 16.4. The molecule has 0 spiro atoms. The number of piperidine rings is 1. The third kappa shape index (κ3) is 6.47. The monoisotopic (exact) mass is 417 g/mol. The van der Waals surface area contributed by atoms with E-state index in [9.17, 15) is 0 Å². The van der Waals surface area contributed by atoms with Crippen LogP contribution in [0.25, 0.3) is 0 Å². The number of rotatable bonds is 8. The summed E-state index contributed by atoms with van der Waals surface area (Å²) in [6.45, 7) is 13.8. The summed E-state index contributed by atoms with van der Waals surface area (Å²) < 4.78 is 5.75. The molecule has 0 amide bonds. The van der Waals surface area contributed by atoms with Gasteiger partial charge in [0.05, 0.1) is 12.2 Å². The zero-order valence-electron chi connectivity index (χ0n) is 19.9. The van der Waals surface area contributed by atoms with Gasteiger partial charge in [0, 0.05) is 20.1 Å². The van der Waals surface area contributed by atoms with Crippen molar-refractivity contribution in [2.45, 2.75) is 79.2 Å². The third-order valence-electron chi connectivity index (χ3n) is 7.06. The van der Waals surface area contributed by atoms with Gasteiger partial charge < -0.3 is 15.1 Å². The molecule has 0 unspecified atom stereocenters. The highest BCUT2D eigenvalue weighted by Gasteiger charge is 2.34. The molecular formula is C24H43N5O. The maximum atomic E-state index is 5.75. The second-order valence-electron chi connectivity index (χ2n) is 10.1. The van der Waals surface area contributed by atoms with Crippen LogP contribution in [0.4, 0.5) is 0 Å². The van der Waals surface area contributed by atoms with Gasteiger partial charge in [0.1, 0.15) is 5.76 Å². The second kappa shape index (κ2) is 10.7. The first-order valence-corrected chi connectivity index (χ1v) is 12.0. The van der Waals surface area contributed by atoms with Gasteiger partial charge in [-0.25, -0.2) is 4.98 Å². The zero-order valence-corrected chi connectivity index (χ0v) is 19.9. The fourth-order valence-electron chi connectivity index (χ4n) is 5.32. The molecule has 0 radical (unpaired) electrons. The summed E-state index contributed by atoms with van der Waals surface area (Å²) in [5, 5.41) is 7.25. The lowest BCUT2D eigenvalue weighted by Crippen LogP contribution is -2.46. The van der Waals surface area contributed by atoms with E-state index in [0.717, 1.165) is 61.9 Å². The zero-order chi connectivity index (χ0) is 21.6. The molecule has 1 aromatic rings. The molecule has 1 saturated carbocycles. The van der Waals surface area contributed by atoms with Gasteiger partial charge in [-0.1, -0.05) is 26.7 Å². The van der Waals surface area contributed by atoms with Crippen LogP contribution in [0.5, 0.6) is 0 Å². The molecule has 1 aliphatic carbocycles. The molecule has 0 bridgehead atoms. The number of nitrogens with one attached hydrogen (secondary N) is 2. The highest BCUT2D eigenvalue weighted by Crippen LogP contribution is 2.42. The summed E-state index contributed by atoms with van der Waals surface area (Å²) in [6.07, 6.45) is 9.21. The molecule has 6 heteroatoms. The van der Waals surface area contributed by atoms with E-state index in [1.165, 1.54) is 44.9 Å². The molecule has 2 fully saturated rings. The summed E-state index contributed by atoms with van der Waals surface area (Å²) in [4.78, 5) is 11.5. The van der Waals surface area contributed by atoms with Gasteiger partial charge in [0.2, 0.25) is 5.89 Å². The van der Waals surface area contributed by atoms with Crippen LogP contribution in [0.15, 0.2) is 9.41 Å². The van der Waals surface area contributed by atoms with Crippen molar-refractivity contribution in [3.63, 3.8) is 0 Å². The lowest BCUT2D eigenvalue weighted by atomic mass is 9.78. The first-order chi connectivity index (χ1) is 14.4. The topological polar surface area (TPSA) is 65.7 Å². The number of aliphatic imine (C=N–C) groups is 1. The number of guanidine groups is 1. The predicted octanol–water partition coefficient (Wildman–Crippen LogP) is 4.27. The van der Waals surface area contributed by atoms with Crippen molar-refractivity contribution in [2.75, 3.05) is 33.2 Å². The molecule has 0 atom stereocenters. The predicted molar refractivity (Wildman–Crippen MR) is 124 cm³/mol. The molecule has 1 saturated heterocycles. The number of likely N-dealkylation sites (tertiary alicyclic amines) is 1. The second-order valence-corrected chi connectivity index (χ2v) is 10.1. The van der Waals surface area contributed by atoms with Gasteiger partial charge in [-0.15, -0.1) is 0 Å². The molecule has 1 aliphatic heterocycles. The number of nitrogens with zero attached hydrogens (tertiary/aromatic N) is 3. The Morgan fingerprint density at radius 3 is 2.47 bits per heavy atom. The normalized spacial score (nSPS) is 20.8. The fourth-order valence-corrected chi connectivity index (χ4v) is 5.32. The average Bonchev–Trinajstić information content (AvgIpc) is 3.29. The van der Waals surface area contributed by atoms with Crippen molar-refractivity contribution in [3.8, 4) is 0 Å². The fraction of sp³-hybridized carbons (Fsp3) is 0.833. The van der Waals surface area contributed by atoms with Crippen LogP contribution < -0.4 is 10.6 Å². The Morgan fingerprint density at radius 1 is 1.20 bits per heavy atom. The van der Waals surface area contributed by atoms with Gasteiger partial charge in [-0.05, 0) is 76.3 Å². The van der Waals surface area contributed by atoms with Gasteiger partial charge in [0.25, 0.3) is 0 Å². The Labute approximate surface area is 183 Å². The van der Waals surface area contributed by atoms with E-state index in [1.54, 1.807) is 0 Å². The smallest absolute Gasteiger partial charge is 0.208 e. The van der Waals surface area contributed by atoms with Crippen LogP contribution in [-0.4, -0.2) is 49.1 Å². The maximum Gasteiger partial charge on any atom is 0.208 e. The largest absolute Gasteiger partial charge is 0.444 e. The van der Waals surface area contributed by atoms with E-state index in [0.29, 0.717) is 11.3 Å². The Hall–Kier alpha value is -1.56. The number of aromatic nitrogens is 1. The van der Waals surface area contributed by atoms with E-state index >= 15 is 0 Å². The van der Waals surface area contributed by atoms with E-state index < -0.39 is 0 Å². The highest BCUT2D eigenvalue weighted by molar-refractivity contribution is 5.79. The Balaban J connectivity index is 1.38. The van der Waals surface area contributed by atoms with Gasteiger partial charge in [-0.3, -0.25) is 9.89 Å². The molecule has 2 heterocycles. The van der Waals surface area contributed by atoms with E-state index in [1.807, 2.05) is 20.9 Å². The van der Waals surface area contributed by atoms with Crippen molar-refractivity contribution < 1.29 is 4.42 Å². The van der Waals surface area contributed by atoms with Crippen LogP contribution >= 0.6 is 0 Å². The van der Waals surface area contributed by atoms with E-state index in [2.05, 4.69) is 39.4 Å². The molecule has 3 rings (SSSR count). The van der Waals surface area contributed by atoms with Crippen molar-refractivity contribution in [3.05, 3.63) is 17.3 Å². The van der Waals surface area contributed by atoms with Gasteiger partial charge >= 0.3 is 0 Å². The summed E-state index contributed by atoms with van der Waals surface area (Å²) in [5.41, 5.74) is 1.48. The number of hydrogen-bond donors (Lipinski definition) is 2. The molecule has 6 nitrogen and oxygen atoms in total. The molecule has 2 N–H and O–H groups in total. The molecule has 170 valence electrons. The van der Waals surface area contributed by atoms with Crippen molar-refractivity contribution in [1.82, 2.24) is 20.5 Å². The number of oxazole rings is 1. The van der Waals surface area contributed by atoms with Crippen LogP contribution in [-0.2, 0) is 6.54 Å². The minimum Gasteiger partial charge on any atom is -0.444 e. The quantitative estimate of drug-likeness (QED) is 0.488. The van der Waals surface area contributed by atoms with Crippen molar-refractivity contribution in [2.24, 2.45) is 22.2 Å². The lowest BCUT2D eigenvalue weighted by Gasteiger charge is -2.33. The summed E-state index contributed by atoms with van der Waals surface area (Å²) >= 11 is 0. The third-order valence-corrected chi connectivity index (χ3v) is 7.06. The first-order valence-electron chi connectivity index (χ1n) is 12.0. The molecule has 0 aromatic carbocycles. The minimum absolute atomic E-state index is 0.466. The van der Waals surface area contributed by atoms with Gasteiger partial charge in [-0.2, -0.15) is 0 Å². The molecule has 1 aromatic heterocycles. The minimum atomic E-state index is 0.466. The summed E-state index contributed by atoms with van der Waals surface area (Å²) in [6, 6.07) is 0.